The molecule has 0 atom stereocenters. The quantitative estimate of drug-likeness (QED) is 0.699. The van der Waals surface area contributed by atoms with E-state index in [4.69, 9.17) is 9.47 Å². The minimum Gasteiger partial charge on any atom is -0.454 e. The van der Waals surface area contributed by atoms with Crippen LogP contribution in [0.4, 0.5) is 9.18 Å². The van der Waals surface area contributed by atoms with Crippen LogP contribution >= 0.6 is 0 Å². The first kappa shape index (κ1) is 21.1. The van der Waals surface area contributed by atoms with Gasteiger partial charge in [-0.15, -0.1) is 0 Å². The van der Waals surface area contributed by atoms with Crippen LogP contribution in [0.2, 0.25) is 0 Å². The number of hydrogen-bond acceptors (Lipinski definition) is 6. The minimum atomic E-state index is -0.816. The van der Waals surface area contributed by atoms with Crippen molar-refractivity contribution < 1.29 is 33.0 Å². The fraction of sp³-hybridized carbons (Fsp3) is 0.444. The first-order valence-electron chi connectivity index (χ1n) is 8.80. The smallest absolute Gasteiger partial charge is 0.409 e. The zero-order valence-corrected chi connectivity index (χ0v) is 15.5. The molecule has 0 radical (unpaired) electrons. The largest absolute Gasteiger partial charge is 0.454 e. The maximum Gasteiger partial charge on any atom is 0.409 e. The molecule has 9 nitrogen and oxygen atoms in total. The van der Waals surface area contributed by atoms with Crippen LogP contribution in [0.3, 0.4) is 0 Å². The molecule has 1 aliphatic heterocycles. The van der Waals surface area contributed by atoms with Crippen molar-refractivity contribution in [2.24, 2.45) is 0 Å². The number of nitrogens with zero attached hydrogens (tertiary/aromatic N) is 2. The number of halogens is 1. The van der Waals surface area contributed by atoms with E-state index in [1.165, 1.54) is 28.0 Å². The molecule has 0 aliphatic carbocycles. The lowest BCUT2D eigenvalue weighted by Gasteiger charge is -2.33. The highest BCUT2D eigenvalue weighted by atomic mass is 19.1. The lowest BCUT2D eigenvalue weighted by Crippen LogP contribution is -2.51. The molecule has 1 aliphatic rings. The lowest BCUT2D eigenvalue weighted by molar-refractivity contribution is -0.151. The van der Waals surface area contributed by atoms with Crippen molar-refractivity contribution in [1.29, 1.82) is 0 Å². The third-order valence-corrected chi connectivity index (χ3v) is 4.03. The number of esters is 1. The maximum atomic E-state index is 13.5. The molecule has 1 aromatic carbocycles. The molecule has 1 N–H and O–H groups in total. The maximum absolute atomic E-state index is 13.5. The lowest BCUT2D eigenvalue weighted by atomic mass is 10.2. The number of carbonyl (C=O) groups is 4. The molecule has 1 aromatic rings. The van der Waals surface area contributed by atoms with Gasteiger partial charge in [0, 0.05) is 26.2 Å². The van der Waals surface area contributed by atoms with Crippen LogP contribution < -0.4 is 5.32 Å². The molecule has 152 valence electrons. The zero-order chi connectivity index (χ0) is 20.5. The van der Waals surface area contributed by atoms with Crippen LogP contribution in [0.5, 0.6) is 0 Å². The van der Waals surface area contributed by atoms with E-state index in [0.29, 0.717) is 26.2 Å². The summed E-state index contributed by atoms with van der Waals surface area (Å²) in [7, 11) is 0. The summed E-state index contributed by atoms with van der Waals surface area (Å²) in [6.07, 6.45) is -0.424. The van der Waals surface area contributed by atoms with Gasteiger partial charge in [0.05, 0.1) is 12.2 Å². The van der Waals surface area contributed by atoms with E-state index >= 15 is 0 Å². The van der Waals surface area contributed by atoms with Gasteiger partial charge < -0.3 is 24.6 Å². The standard InChI is InChI=1S/C18H22FN3O6/c1-2-27-18(26)22-9-7-21(8-10-22)15(23)12-28-16(24)11-20-17(25)13-5-3-4-6-14(13)19/h3-6H,2,7-12H2,1H3,(H,20,25). The molecule has 0 saturated carbocycles. The summed E-state index contributed by atoms with van der Waals surface area (Å²) in [4.78, 5) is 50.2. The fourth-order valence-corrected chi connectivity index (χ4v) is 2.53. The molecule has 1 fully saturated rings. The average molecular weight is 395 g/mol. The Labute approximate surface area is 161 Å². The van der Waals surface area contributed by atoms with Gasteiger partial charge in [0.15, 0.2) is 6.61 Å². The van der Waals surface area contributed by atoms with Gasteiger partial charge in [0.25, 0.3) is 11.8 Å². The molecule has 0 spiro atoms. The van der Waals surface area contributed by atoms with E-state index < -0.39 is 42.8 Å². The van der Waals surface area contributed by atoms with Crippen LogP contribution in [-0.4, -0.2) is 79.6 Å². The van der Waals surface area contributed by atoms with Gasteiger partial charge in [-0.1, -0.05) is 12.1 Å². The van der Waals surface area contributed by atoms with E-state index in [2.05, 4.69) is 5.32 Å². The van der Waals surface area contributed by atoms with Gasteiger partial charge in [-0.2, -0.15) is 0 Å². The minimum absolute atomic E-state index is 0.189. The second-order valence-corrected chi connectivity index (χ2v) is 5.89. The monoisotopic (exact) mass is 395 g/mol. The van der Waals surface area contributed by atoms with Crippen molar-refractivity contribution >= 4 is 23.9 Å². The topological polar surface area (TPSA) is 105 Å². The molecule has 0 unspecified atom stereocenters. The Morgan fingerprint density at radius 1 is 1.04 bits per heavy atom. The van der Waals surface area contributed by atoms with E-state index in [0.717, 1.165) is 6.07 Å². The molecular formula is C18H22FN3O6. The Morgan fingerprint density at radius 3 is 2.32 bits per heavy atom. The first-order chi connectivity index (χ1) is 13.4. The normalized spacial score (nSPS) is 13.6. The van der Waals surface area contributed by atoms with Gasteiger partial charge in [-0.25, -0.2) is 9.18 Å². The van der Waals surface area contributed by atoms with Crippen LogP contribution in [0, 0.1) is 5.82 Å². The summed E-state index contributed by atoms with van der Waals surface area (Å²) in [5, 5.41) is 2.24. The molecule has 0 aromatic heterocycles. The third kappa shape index (κ3) is 5.93. The zero-order valence-electron chi connectivity index (χ0n) is 15.5. The molecule has 3 amide bonds. The van der Waals surface area contributed by atoms with E-state index in [1.807, 2.05) is 0 Å². The second-order valence-electron chi connectivity index (χ2n) is 5.89. The SMILES string of the molecule is CCOC(=O)N1CCN(C(=O)COC(=O)CNC(=O)c2ccccc2F)CC1. The summed E-state index contributed by atoms with van der Waals surface area (Å²) >= 11 is 0. The Bertz CT molecular complexity index is 734. The Morgan fingerprint density at radius 2 is 1.68 bits per heavy atom. The summed E-state index contributed by atoms with van der Waals surface area (Å²) in [5.74, 6) is -2.68. The van der Waals surface area contributed by atoms with Crippen LogP contribution in [0.1, 0.15) is 17.3 Å². The van der Waals surface area contributed by atoms with Crippen molar-refractivity contribution in [3.8, 4) is 0 Å². The molecule has 1 heterocycles. The second kappa shape index (κ2) is 10.2. The Hall–Kier alpha value is -3.17. The fourth-order valence-electron chi connectivity index (χ4n) is 2.53. The molecule has 1 saturated heterocycles. The van der Waals surface area contributed by atoms with Gasteiger partial charge >= 0.3 is 12.1 Å². The number of rotatable bonds is 6. The Kier molecular flexibility index (Phi) is 7.73. The summed E-state index contributed by atoms with van der Waals surface area (Å²) in [5.41, 5.74) is -0.189. The van der Waals surface area contributed by atoms with E-state index in [-0.39, 0.29) is 12.2 Å². The molecule has 2 rings (SSSR count). The predicted octanol–water partition coefficient (Wildman–Crippen LogP) is 0.399. The molecule has 0 bridgehead atoms. The Balaban J connectivity index is 1.69. The summed E-state index contributed by atoms with van der Waals surface area (Å²) in [6.45, 7) is 2.30. The molecule has 10 heteroatoms. The third-order valence-electron chi connectivity index (χ3n) is 4.03. The van der Waals surface area contributed by atoms with Gasteiger partial charge in [0.1, 0.15) is 12.4 Å². The number of benzene rings is 1. The highest BCUT2D eigenvalue weighted by Gasteiger charge is 2.25. The van der Waals surface area contributed by atoms with Gasteiger partial charge in [-0.3, -0.25) is 14.4 Å². The van der Waals surface area contributed by atoms with Gasteiger partial charge in [0.2, 0.25) is 0 Å². The van der Waals surface area contributed by atoms with Crippen molar-refractivity contribution in [2.75, 3.05) is 45.9 Å². The number of piperazine rings is 1. The number of hydrogen-bond donors (Lipinski definition) is 1. The van der Waals surface area contributed by atoms with Crippen molar-refractivity contribution in [3.05, 3.63) is 35.6 Å². The average Bonchev–Trinajstić information content (AvgIpc) is 2.70. The summed E-state index contributed by atoms with van der Waals surface area (Å²) < 4.78 is 23.2. The highest BCUT2D eigenvalue weighted by Crippen LogP contribution is 2.06. The van der Waals surface area contributed by atoms with Crippen molar-refractivity contribution in [2.45, 2.75) is 6.92 Å². The van der Waals surface area contributed by atoms with Crippen LogP contribution in [0.15, 0.2) is 24.3 Å². The highest BCUT2D eigenvalue weighted by molar-refractivity contribution is 5.96. The first-order valence-corrected chi connectivity index (χ1v) is 8.80. The predicted molar refractivity (Wildman–Crippen MR) is 94.9 cm³/mol. The van der Waals surface area contributed by atoms with Crippen LogP contribution in [0.25, 0.3) is 0 Å². The molecular weight excluding hydrogens is 373 g/mol. The van der Waals surface area contributed by atoms with Crippen molar-refractivity contribution in [3.63, 3.8) is 0 Å². The number of ether oxygens (including phenoxy) is 2. The summed E-state index contributed by atoms with van der Waals surface area (Å²) in [6, 6.07) is 5.36. The van der Waals surface area contributed by atoms with Gasteiger partial charge in [-0.05, 0) is 19.1 Å². The number of carbonyl (C=O) groups excluding carboxylic acids is 4. The number of amides is 3. The number of nitrogens with one attached hydrogen (secondary N) is 1. The van der Waals surface area contributed by atoms with E-state index in [1.54, 1.807) is 6.92 Å². The van der Waals surface area contributed by atoms with E-state index in [9.17, 15) is 23.6 Å². The van der Waals surface area contributed by atoms with Crippen LogP contribution in [-0.2, 0) is 19.1 Å². The van der Waals surface area contributed by atoms with Crippen molar-refractivity contribution in [1.82, 2.24) is 15.1 Å². The molecule has 28 heavy (non-hydrogen) atoms.